The molecule has 2 aromatic rings. The maximum Gasteiger partial charge on any atom is 0.271 e. The summed E-state index contributed by atoms with van der Waals surface area (Å²) in [4.78, 5) is 14.0. The van der Waals surface area contributed by atoms with Gasteiger partial charge in [-0.25, -0.2) is 0 Å². The van der Waals surface area contributed by atoms with Crippen molar-refractivity contribution in [2.75, 3.05) is 25.9 Å². The topological polar surface area (TPSA) is 87.0 Å². The van der Waals surface area contributed by atoms with Gasteiger partial charge >= 0.3 is 0 Å². The van der Waals surface area contributed by atoms with E-state index in [1.165, 1.54) is 11.8 Å². The van der Waals surface area contributed by atoms with Gasteiger partial charge < -0.3 is 16.0 Å². The van der Waals surface area contributed by atoms with Gasteiger partial charge in [-0.05, 0) is 25.6 Å². The number of nitrogens with one attached hydrogen (secondary N) is 2. The molecule has 0 atom stereocenters. The van der Waals surface area contributed by atoms with Crippen molar-refractivity contribution in [2.45, 2.75) is 13.0 Å². The molecule has 4 N–H and O–H groups in total. The molecule has 21 heavy (non-hydrogen) atoms. The highest BCUT2D eigenvalue weighted by molar-refractivity contribution is 5.96. The number of benzene rings is 1. The Bertz CT molecular complexity index is 566. The summed E-state index contributed by atoms with van der Waals surface area (Å²) in [5.41, 5.74) is 7.60. The first kappa shape index (κ1) is 15.1. The van der Waals surface area contributed by atoms with Crippen molar-refractivity contribution in [3.05, 3.63) is 47.8 Å². The van der Waals surface area contributed by atoms with E-state index in [1.54, 1.807) is 0 Å². The second-order valence-corrected chi connectivity index (χ2v) is 5.03. The molecule has 6 nitrogen and oxygen atoms in total. The molecule has 0 radical (unpaired) electrons. The van der Waals surface area contributed by atoms with Crippen molar-refractivity contribution in [3.8, 4) is 0 Å². The third-order valence-corrected chi connectivity index (χ3v) is 3.19. The van der Waals surface area contributed by atoms with Crippen molar-refractivity contribution in [2.24, 2.45) is 0 Å². The average Bonchev–Trinajstić information content (AvgIpc) is 2.91. The lowest BCUT2D eigenvalue weighted by Crippen LogP contribution is -2.28. The van der Waals surface area contributed by atoms with Crippen molar-refractivity contribution in [3.63, 3.8) is 0 Å². The van der Waals surface area contributed by atoms with Crippen LogP contribution in [0.3, 0.4) is 0 Å². The Morgan fingerprint density at radius 1 is 1.38 bits per heavy atom. The van der Waals surface area contributed by atoms with Crippen LogP contribution in [0.5, 0.6) is 0 Å². The lowest BCUT2D eigenvalue weighted by Gasteiger charge is -2.16. The molecular formula is C15H21N5O. The van der Waals surface area contributed by atoms with Gasteiger partial charge in [-0.2, -0.15) is 5.10 Å². The maximum atomic E-state index is 11.8. The molecule has 0 aliphatic carbocycles. The minimum Gasteiger partial charge on any atom is -0.396 e. The molecule has 6 heteroatoms. The van der Waals surface area contributed by atoms with Gasteiger partial charge in [0.2, 0.25) is 0 Å². The van der Waals surface area contributed by atoms with Crippen LogP contribution in [0.1, 0.15) is 22.5 Å². The number of nitrogen functional groups attached to an aromatic ring is 1. The van der Waals surface area contributed by atoms with E-state index in [0.29, 0.717) is 17.9 Å². The normalized spacial score (nSPS) is 10.8. The number of aromatic amines is 1. The fourth-order valence-electron chi connectivity index (χ4n) is 2.09. The summed E-state index contributed by atoms with van der Waals surface area (Å²) in [6.07, 6.45) is 2.31. The second kappa shape index (κ2) is 7.44. The zero-order chi connectivity index (χ0) is 15.1. The minimum atomic E-state index is -0.212. The highest BCUT2D eigenvalue weighted by Crippen LogP contribution is 2.05. The first-order valence-corrected chi connectivity index (χ1v) is 6.96. The molecule has 1 aromatic carbocycles. The standard InChI is InChI=1S/C15H21N5O/c1-20(11-12-6-3-2-4-7-12)9-5-8-17-15(21)14-13(16)10-18-19-14/h2-4,6-7,10H,5,8-9,11,16H2,1H3,(H,17,21)(H,18,19). The monoisotopic (exact) mass is 287 g/mol. The molecule has 0 saturated carbocycles. The summed E-state index contributed by atoms with van der Waals surface area (Å²) in [7, 11) is 2.07. The first-order chi connectivity index (χ1) is 10.2. The molecular weight excluding hydrogens is 266 g/mol. The number of aromatic nitrogens is 2. The van der Waals surface area contributed by atoms with Crippen molar-refractivity contribution in [1.29, 1.82) is 0 Å². The molecule has 2 rings (SSSR count). The van der Waals surface area contributed by atoms with Gasteiger partial charge in [0.15, 0.2) is 0 Å². The Morgan fingerprint density at radius 2 is 2.14 bits per heavy atom. The summed E-state index contributed by atoms with van der Waals surface area (Å²) in [6, 6.07) is 10.3. The van der Waals surface area contributed by atoms with Gasteiger partial charge in [0.05, 0.1) is 11.9 Å². The number of carbonyl (C=O) groups is 1. The lowest BCUT2D eigenvalue weighted by molar-refractivity contribution is 0.0948. The number of rotatable bonds is 7. The van der Waals surface area contributed by atoms with Crippen molar-refractivity contribution < 1.29 is 4.79 Å². The van der Waals surface area contributed by atoms with Gasteiger partial charge in [0, 0.05) is 13.1 Å². The predicted molar refractivity (Wildman–Crippen MR) is 82.7 cm³/mol. The second-order valence-electron chi connectivity index (χ2n) is 5.03. The third kappa shape index (κ3) is 4.61. The molecule has 0 bridgehead atoms. The zero-order valence-corrected chi connectivity index (χ0v) is 12.2. The Hall–Kier alpha value is -2.34. The molecule has 1 aromatic heterocycles. The van der Waals surface area contributed by atoms with Crippen molar-refractivity contribution in [1.82, 2.24) is 20.4 Å². The number of carbonyl (C=O) groups excluding carboxylic acids is 1. The van der Waals surface area contributed by atoms with Crippen LogP contribution in [0, 0.1) is 0 Å². The van der Waals surface area contributed by atoms with Gasteiger partial charge in [0.25, 0.3) is 5.91 Å². The smallest absolute Gasteiger partial charge is 0.271 e. The first-order valence-electron chi connectivity index (χ1n) is 6.96. The number of hydrogen-bond acceptors (Lipinski definition) is 4. The van der Waals surface area contributed by atoms with E-state index in [2.05, 4.69) is 39.6 Å². The third-order valence-electron chi connectivity index (χ3n) is 3.19. The highest BCUT2D eigenvalue weighted by atomic mass is 16.1. The summed E-state index contributed by atoms with van der Waals surface area (Å²) >= 11 is 0. The Balaban J connectivity index is 1.65. The van der Waals surface area contributed by atoms with Crippen LogP contribution in [-0.2, 0) is 6.54 Å². The average molecular weight is 287 g/mol. The van der Waals surface area contributed by atoms with Crippen LogP contribution < -0.4 is 11.1 Å². The van der Waals surface area contributed by atoms with Crippen molar-refractivity contribution >= 4 is 11.6 Å². The van der Waals surface area contributed by atoms with E-state index < -0.39 is 0 Å². The van der Waals surface area contributed by atoms with E-state index in [0.717, 1.165) is 19.5 Å². The molecule has 0 aliphatic heterocycles. The van der Waals surface area contributed by atoms with Crippen LogP contribution in [-0.4, -0.2) is 41.1 Å². The largest absolute Gasteiger partial charge is 0.396 e. The molecule has 0 aliphatic rings. The van der Waals surface area contributed by atoms with E-state index in [1.807, 2.05) is 18.2 Å². The molecule has 0 saturated heterocycles. The van der Waals surface area contributed by atoms with Crippen LogP contribution in [0.2, 0.25) is 0 Å². The van der Waals surface area contributed by atoms with E-state index in [9.17, 15) is 4.79 Å². The number of nitrogens with zero attached hydrogens (tertiary/aromatic N) is 2. The van der Waals surface area contributed by atoms with Gasteiger partial charge in [0.1, 0.15) is 5.69 Å². The summed E-state index contributed by atoms with van der Waals surface area (Å²) in [6.45, 7) is 2.42. The summed E-state index contributed by atoms with van der Waals surface area (Å²) in [5.74, 6) is -0.212. The predicted octanol–water partition coefficient (Wildman–Crippen LogP) is 1.24. The van der Waals surface area contributed by atoms with Crippen LogP contribution in [0.15, 0.2) is 36.5 Å². The fourth-order valence-corrected chi connectivity index (χ4v) is 2.09. The maximum absolute atomic E-state index is 11.8. The number of hydrogen-bond donors (Lipinski definition) is 3. The molecule has 0 fully saturated rings. The van der Waals surface area contributed by atoms with Crippen LogP contribution in [0.4, 0.5) is 5.69 Å². The lowest BCUT2D eigenvalue weighted by atomic mass is 10.2. The van der Waals surface area contributed by atoms with Gasteiger partial charge in [-0.3, -0.25) is 9.89 Å². The van der Waals surface area contributed by atoms with Crippen LogP contribution in [0.25, 0.3) is 0 Å². The van der Waals surface area contributed by atoms with E-state index in [-0.39, 0.29) is 5.91 Å². The van der Waals surface area contributed by atoms with Gasteiger partial charge in [-0.15, -0.1) is 0 Å². The summed E-state index contributed by atoms with van der Waals surface area (Å²) < 4.78 is 0. The molecule has 0 spiro atoms. The quantitative estimate of drug-likeness (QED) is 0.669. The molecule has 1 heterocycles. The SMILES string of the molecule is CN(CCCNC(=O)c1[nH]ncc1N)Cc1ccccc1. The summed E-state index contributed by atoms with van der Waals surface area (Å²) in [5, 5.41) is 9.15. The highest BCUT2D eigenvalue weighted by Gasteiger charge is 2.10. The molecule has 112 valence electrons. The minimum absolute atomic E-state index is 0.212. The van der Waals surface area contributed by atoms with E-state index >= 15 is 0 Å². The molecule has 1 amide bonds. The Morgan fingerprint density at radius 3 is 2.81 bits per heavy atom. The number of H-pyrrole nitrogens is 1. The van der Waals surface area contributed by atoms with Crippen LogP contribution >= 0.6 is 0 Å². The van der Waals surface area contributed by atoms with E-state index in [4.69, 9.17) is 5.73 Å². The Labute approximate surface area is 124 Å². The van der Waals surface area contributed by atoms with Gasteiger partial charge in [-0.1, -0.05) is 30.3 Å². The molecule has 0 unspecified atom stereocenters. The fraction of sp³-hybridized carbons (Fsp3) is 0.333. The Kier molecular flexibility index (Phi) is 5.34. The number of anilines is 1. The number of nitrogens with two attached hydrogens (primary N) is 1. The number of amides is 1. The zero-order valence-electron chi connectivity index (χ0n) is 12.2.